The standard InChI is InChI=1S/C16H24N2O4.ClH/c1-2-21-16(19)4-3-9-22-15-12-13(17)5-6-14(15)18-7-10-20-11-8-18;/h5-6,12H,2-4,7-11,17H2,1H3;1H. The summed E-state index contributed by atoms with van der Waals surface area (Å²) in [5.41, 5.74) is 7.54. The topological polar surface area (TPSA) is 74.0 Å². The van der Waals surface area contributed by atoms with Crippen LogP contribution in [0.3, 0.4) is 0 Å². The fourth-order valence-electron chi connectivity index (χ4n) is 2.34. The van der Waals surface area contributed by atoms with Crippen LogP contribution in [-0.4, -0.2) is 45.5 Å². The molecule has 1 aromatic carbocycles. The number of nitrogens with two attached hydrogens (primary N) is 1. The highest BCUT2D eigenvalue weighted by atomic mass is 35.5. The van der Waals surface area contributed by atoms with Crippen molar-refractivity contribution in [1.29, 1.82) is 0 Å². The van der Waals surface area contributed by atoms with Crippen LogP contribution >= 0.6 is 12.4 Å². The number of carbonyl (C=O) groups is 1. The Hall–Kier alpha value is -1.66. The summed E-state index contributed by atoms with van der Waals surface area (Å²) in [5.74, 6) is 0.567. The van der Waals surface area contributed by atoms with E-state index in [0.717, 1.165) is 24.5 Å². The normalized spacial score (nSPS) is 14.0. The number of halogens is 1. The number of morpholine rings is 1. The second-order valence-electron chi connectivity index (χ2n) is 5.08. The number of anilines is 2. The highest BCUT2D eigenvalue weighted by Crippen LogP contribution is 2.31. The molecule has 2 rings (SSSR count). The molecule has 2 N–H and O–H groups in total. The first-order valence-electron chi connectivity index (χ1n) is 7.71. The lowest BCUT2D eigenvalue weighted by Gasteiger charge is -2.30. The van der Waals surface area contributed by atoms with Crippen LogP contribution in [0.5, 0.6) is 5.75 Å². The molecule has 1 saturated heterocycles. The van der Waals surface area contributed by atoms with Crippen LogP contribution in [0.15, 0.2) is 18.2 Å². The Labute approximate surface area is 143 Å². The number of hydrogen-bond acceptors (Lipinski definition) is 6. The van der Waals surface area contributed by atoms with Crippen LogP contribution in [0.25, 0.3) is 0 Å². The lowest BCUT2D eigenvalue weighted by molar-refractivity contribution is -0.143. The maximum Gasteiger partial charge on any atom is 0.305 e. The van der Waals surface area contributed by atoms with Crippen molar-refractivity contribution in [3.05, 3.63) is 18.2 Å². The van der Waals surface area contributed by atoms with Crippen molar-refractivity contribution >= 4 is 29.8 Å². The average molecular weight is 345 g/mol. The van der Waals surface area contributed by atoms with E-state index in [2.05, 4.69) is 4.90 Å². The molecule has 23 heavy (non-hydrogen) atoms. The van der Waals surface area contributed by atoms with Gasteiger partial charge in [0.1, 0.15) is 5.75 Å². The zero-order chi connectivity index (χ0) is 15.8. The first kappa shape index (κ1) is 19.4. The van der Waals surface area contributed by atoms with Gasteiger partial charge < -0.3 is 24.8 Å². The molecule has 6 nitrogen and oxygen atoms in total. The van der Waals surface area contributed by atoms with E-state index in [0.29, 0.717) is 45.0 Å². The molecule has 7 heteroatoms. The summed E-state index contributed by atoms with van der Waals surface area (Å²) in [5, 5.41) is 0. The number of hydrogen-bond donors (Lipinski definition) is 1. The molecule has 0 atom stereocenters. The molecule has 0 spiro atoms. The molecule has 0 radical (unpaired) electrons. The van der Waals surface area contributed by atoms with Crippen LogP contribution in [0, 0.1) is 0 Å². The molecule has 1 aliphatic heterocycles. The number of nitrogens with zero attached hydrogens (tertiary/aromatic N) is 1. The first-order chi connectivity index (χ1) is 10.7. The Bertz CT molecular complexity index is 493. The van der Waals surface area contributed by atoms with Gasteiger partial charge in [-0.3, -0.25) is 4.79 Å². The maximum atomic E-state index is 11.3. The van der Waals surface area contributed by atoms with Gasteiger partial charge in [0.15, 0.2) is 0 Å². The summed E-state index contributed by atoms with van der Waals surface area (Å²) in [6.07, 6.45) is 0.985. The van der Waals surface area contributed by atoms with Crippen LogP contribution in [0.2, 0.25) is 0 Å². The Morgan fingerprint density at radius 3 is 2.78 bits per heavy atom. The van der Waals surface area contributed by atoms with Crippen LogP contribution in [0.1, 0.15) is 19.8 Å². The number of ether oxygens (including phenoxy) is 3. The van der Waals surface area contributed by atoms with E-state index in [1.807, 2.05) is 18.2 Å². The number of rotatable bonds is 7. The molecule has 1 heterocycles. The van der Waals surface area contributed by atoms with Crippen molar-refractivity contribution < 1.29 is 19.0 Å². The largest absolute Gasteiger partial charge is 0.491 e. The third-order valence-corrected chi connectivity index (χ3v) is 3.42. The van der Waals surface area contributed by atoms with Crippen LogP contribution < -0.4 is 15.4 Å². The third kappa shape index (κ3) is 6.15. The minimum absolute atomic E-state index is 0. The molecule has 0 saturated carbocycles. The smallest absolute Gasteiger partial charge is 0.305 e. The molecule has 0 unspecified atom stereocenters. The molecule has 1 fully saturated rings. The van der Waals surface area contributed by atoms with E-state index in [1.165, 1.54) is 0 Å². The Kier molecular flexibility index (Phi) is 8.58. The molecule has 0 bridgehead atoms. The molecule has 130 valence electrons. The quantitative estimate of drug-likeness (QED) is 0.464. The van der Waals surface area contributed by atoms with Gasteiger partial charge in [0.05, 0.1) is 32.1 Å². The van der Waals surface area contributed by atoms with Gasteiger partial charge in [-0.15, -0.1) is 12.4 Å². The van der Waals surface area contributed by atoms with E-state index in [4.69, 9.17) is 19.9 Å². The second kappa shape index (κ2) is 10.2. The van der Waals surface area contributed by atoms with Crippen LogP contribution in [0.4, 0.5) is 11.4 Å². The summed E-state index contributed by atoms with van der Waals surface area (Å²) < 4.78 is 16.1. The molecular weight excluding hydrogens is 320 g/mol. The third-order valence-electron chi connectivity index (χ3n) is 3.42. The zero-order valence-corrected chi connectivity index (χ0v) is 14.3. The Morgan fingerprint density at radius 1 is 1.35 bits per heavy atom. The highest BCUT2D eigenvalue weighted by Gasteiger charge is 2.16. The van der Waals surface area contributed by atoms with Crippen molar-refractivity contribution in [1.82, 2.24) is 0 Å². The van der Waals surface area contributed by atoms with Crippen molar-refractivity contribution in [2.75, 3.05) is 50.2 Å². The monoisotopic (exact) mass is 344 g/mol. The van der Waals surface area contributed by atoms with Gasteiger partial charge in [0.25, 0.3) is 0 Å². The fraction of sp³-hybridized carbons (Fsp3) is 0.562. The zero-order valence-electron chi connectivity index (χ0n) is 13.5. The van der Waals surface area contributed by atoms with Gasteiger partial charge in [0, 0.05) is 31.3 Å². The summed E-state index contributed by atoms with van der Waals surface area (Å²) in [4.78, 5) is 13.5. The predicted molar refractivity (Wildman–Crippen MR) is 92.5 cm³/mol. The molecule has 0 aromatic heterocycles. The van der Waals surface area contributed by atoms with Crippen molar-refractivity contribution in [2.24, 2.45) is 0 Å². The molecule has 0 aliphatic carbocycles. The summed E-state index contributed by atoms with van der Waals surface area (Å²) in [6, 6.07) is 5.67. The minimum Gasteiger partial charge on any atom is -0.491 e. The number of esters is 1. The van der Waals surface area contributed by atoms with E-state index in [-0.39, 0.29) is 18.4 Å². The van der Waals surface area contributed by atoms with Crippen molar-refractivity contribution in [3.8, 4) is 5.75 Å². The molecule has 0 amide bonds. The van der Waals surface area contributed by atoms with Crippen LogP contribution in [-0.2, 0) is 14.3 Å². The number of nitrogen functional groups attached to an aromatic ring is 1. The van der Waals surface area contributed by atoms with Gasteiger partial charge in [-0.1, -0.05) is 0 Å². The number of carbonyl (C=O) groups excluding carboxylic acids is 1. The van der Waals surface area contributed by atoms with Crippen molar-refractivity contribution in [3.63, 3.8) is 0 Å². The Balaban J connectivity index is 0.00000264. The highest BCUT2D eigenvalue weighted by molar-refractivity contribution is 5.85. The molecular formula is C16H25ClN2O4. The van der Waals surface area contributed by atoms with E-state index in [9.17, 15) is 4.79 Å². The van der Waals surface area contributed by atoms with E-state index in [1.54, 1.807) is 6.92 Å². The van der Waals surface area contributed by atoms with Crippen molar-refractivity contribution in [2.45, 2.75) is 19.8 Å². The van der Waals surface area contributed by atoms with E-state index < -0.39 is 0 Å². The Morgan fingerprint density at radius 2 is 2.09 bits per heavy atom. The fourth-order valence-corrected chi connectivity index (χ4v) is 2.34. The van der Waals surface area contributed by atoms with Gasteiger partial charge in [0.2, 0.25) is 0 Å². The van der Waals surface area contributed by atoms with Gasteiger partial charge in [-0.25, -0.2) is 0 Å². The predicted octanol–water partition coefficient (Wildman–Crippen LogP) is 2.25. The SMILES string of the molecule is CCOC(=O)CCCOc1cc(N)ccc1N1CCOCC1.Cl. The maximum absolute atomic E-state index is 11.3. The average Bonchev–Trinajstić information content (AvgIpc) is 2.53. The summed E-state index contributed by atoms with van der Waals surface area (Å²) in [6.45, 7) is 5.77. The van der Waals surface area contributed by atoms with E-state index >= 15 is 0 Å². The molecule has 1 aliphatic rings. The lowest BCUT2D eigenvalue weighted by Crippen LogP contribution is -2.36. The minimum atomic E-state index is -0.188. The van der Waals surface area contributed by atoms with Gasteiger partial charge in [-0.2, -0.15) is 0 Å². The second-order valence-corrected chi connectivity index (χ2v) is 5.08. The number of benzene rings is 1. The first-order valence-corrected chi connectivity index (χ1v) is 7.71. The van der Waals surface area contributed by atoms with Gasteiger partial charge in [-0.05, 0) is 25.5 Å². The summed E-state index contributed by atoms with van der Waals surface area (Å²) in [7, 11) is 0. The van der Waals surface area contributed by atoms with Gasteiger partial charge >= 0.3 is 5.97 Å². The molecule has 1 aromatic rings. The lowest BCUT2D eigenvalue weighted by atomic mass is 10.2. The summed E-state index contributed by atoms with van der Waals surface area (Å²) >= 11 is 0.